The Morgan fingerprint density at radius 1 is 1.17 bits per heavy atom. The number of carbonyl (C=O) groups excluding carboxylic acids is 1. The molecule has 0 unspecified atom stereocenters. The van der Waals surface area contributed by atoms with Crippen LogP contribution in [0.5, 0.6) is 0 Å². The Morgan fingerprint density at radius 3 is 2.62 bits per heavy atom. The van der Waals surface area contributed by atoms with Crippen molar-refractivity contribution in [3.05, 3.63) is 59.2 Å². The summed E-state index contributed by atoms with van der Waals surface area (Å²) in [4.78, 5) is 11.5. The number of aromatic nitrogens is 1. The largest absolute Gasteiger partial charge is 0.463 e. The number of hydrogen-bond donors (Lipinski definition) is 0. The molecule has 4 nitrogen and oxygen atoms in total. The van der Waals surface area contributed by atoms with Gasteiger partial charge in [-0.15, -0.1) is 0 Å². The molecular weight excluding hydrogens is 302 g/mol. The maximum absolute atomic E-state index is 11.5. The lowest BCUT2D eigenvalue weighted by molar-refractivity contribution is -0.137. The molecule has 0 bridgehead atoms. The van der Waals surface area contributed by atoms with Crippen LogP contribution in [-0.4, -0.2) is 17.7 Å². The van der Waals surface area contributed by atoms with E-state index in [0.717, 1.165) is 27.8 Å². The number of nitrogens with zero attached hydrogens (tertiary/aromatic N) is 1. The van der Waals surface area contributed by atoms with Crippen molar-refractivity contribution in [1.29, 1.82) is 0 Å². The van der Waals surface area contributed by atoms with E-state index in [-0.39, 0.29) is 5.97 Å². The Balaban J connectivity index is 2.01. The molecule has 3 aromatic rings. The molecule has 0 aliphatic rings. The zero-order valence-electron chi connectivity index (χ0n) is 14.0. The van der Waals surface area contributed by atoms with Crippen molar-refractivity contribution < 1.29 is 14.1 Å². The first-order valence-electron chi connectivity index (χ1n) is 7.90. The van der Waals surface area contributed by atoms with Gasteiger partial charge in [0.15, 0.2) is 5.76 Å². The second-order valence-electron chi connectivity index (χ2n) is 5.75. The summed E-state index contributed by atoms with van der Waals surface area (Å²) in [5.74, 6) is 0.389. The van der Waals surface area contributed by atoms with Crippen molar-refractivity contribution in [2.75, 3.05) is 6.61 Å². The molecule has 0 fully saturated rings. The number of rotatable bonds is 4. The second-order valence-corrected chi connectivity index (χ2v) is 5.75. The second kappa shape index (κ2) is 6.71. The molecule has 0 spiro atoms. The monoisotopic (exact) mass is 321 g/mol. The first-order valence-corrected chi connectivity index (χ1v) is 7.90. The van der Waals surface area contributed by atoms with Crippen LogP contribution in [0.3, 0.4) is 0 Å². The highest BCUT2D eigenvalue weighted by Crippen LogP contribution is 2.30. The summed E-state index contributed by atoms with van der Waals surface area (Å²) in [5, 5.41) is 5.05. The lowest BCUT2D eigenvalue weighted by Gasteiger charge is -2.02. The molecule has 4 heteroatoms. The van der Waals surface area contributed by atoms with Gasteiger partial charge in [-0.3, -0.25) is 0 Å². The molecule has 0 saturated heterocycles. The van der Waals surface area contributed by atoms with Crippen LogP contribution in [0.25, 0.3) is 28.3 Å². The van der Waals surface area contributed by atoms with Crippen LogP contribution < -0.4 is 0 Å². The summed E-state index contributed by atoms with van der Waals surface area (Å²) in [6.45, 7) is 6.26. The zero-order chi connectivity index (χ0) is 17.1. The van der Waals surface area contributed by atoms with E-state index in [1.54, 1.807) is 13.0 Å². The Kier molecular flexibility index (Phi) is 4.47. The third-order valence-corrected chi connectivity index (χ3v) is 3.68. The number of hydrogen-bond acceptors (Lipinski definition) is 4. The number of fused-ring (bicyclic) bond motifs is 1. The Hall–Kier alpha value is -2.88. The van der Waals surface area contributed by atoms with Gasteiger partial charge in [0.2, 0.25) is 0 Å². The number of benzene rings is 2. The number of ether oxygens (including phenoxy) is 1. The lowest BCUT2D eigenvalue weighted by Crippen LogP contribution is -1.98. The molecule has 0 saturated carbocycles. The van der Waals surface area contributed by atoms with E-state index in [1.165, 1.54) is 17.2 Å². The summed E-state index contributed by atoms with van der Waals surface area (Å²) in [5.41, 5.74) is 5.03. The zero-order valence-corrected chi connectivity index (χ0v) is 14.0. The van der Waals surface area contributed by atoms with Gasteiger partial charge in [-0.2, -0.15) is 0 Å². The first-order chi connectivity index (χ1) is 11.6. The van der Waals surface area contributed by atoms with Gasteiger partial charge in [-0.25, -0.2) is 4.79 Å². The maximum atomic E-state index is 11.5. The fourth-order valence-electron chi connectivity index (χ4n) is 2.73. The molecule has 1 aromatic heterocycles. The van der Waals surface area contributed by atoms with E-state index < -0.39 is 0 Å². The van der Waals surface area contributed by atoms with Crippen molar-refractivity contribution in [3.8, 4) is 11.3 Å². The van der Waals surface area contributed by atoms with Crippen molar-refractivity contribution in [2.45, 2.75) is 20.8 Å². The third kappa shape index (κ3) is 3.38. The van der Waals surface area contributed by atoms with Gasteiger partial charge in [0.05, 0.1) is 12.0 Å². The molecule has 0 amide bonds. The normalized spacial score (nSPS) is 11.3. The summed E-state index contributed by atoms with van der Waals surface area (Å²) < 4.78 is 10.5. The molecule has 1 heterocycles. The topological polar surface area (TPSA) is 52.3 Å². The van der Waals surface area contributed by atoms with Crippen LogP contribution in [-0.2, 0) is 9.53 Å². The van der Waals surface area contributed by atoms with Gasteiger partial charge in [0, 0.05) is 11.6 Å². The van der Waals surface area contributed by atoms with Crippen LogP contribution in [0.1, 0.15) is 23.6 Å². The minimum atomic E-state index is -0.350. The van der Waals surface area contributed by atoms with Crippen molar-refractivity contribution in [3.63, 3.8) is 0 Å². The van der Waals surface area contributed by atoms with E-state index in [4.69, 9.17) is 9.26 Å². The van der Waals surface area contributed by atoms with Crippen molar-refractivity contribution in [1.82, 2.24) is 5.16 Å². The smallest absolute Gasteiger partial charge is 0.330 e. The van der Waals surface area contributed by atoms with E-state index in [9.17, 15) is 4.79 Å². The van der Waals surface area contributed by atoms with E-state index in [2.05, 4.69) is 37.2 Å². The highest BCUT2D eigenvalue weighted by Gasteiger charge is 2.12. The van der Waals surface area contributed by atoms with Crippen molar-refractivity contribution in [2.24, 2.45) is 0 Å². The van der Waals surface area contributed by atoms with Crippen LogP contribution in [0.15, 0.2) is 47.0 Å². The lowest BCUT2D eigenvalue weighted by atomic mass is 10.0. The predicted molar refractivity (Wildman–Crippen MR) is 94.6 cm³/mol. The molecule has 3 rings (SSSR count). The summed E-state index contributed by atoms with van der Waals surface area (Å²) in [6.07, 6.45) is 3.16. The Morgan fingerprint density at radius 2 is 1.92 bits per heavy atom. The van der Waals surface area contributed by atoms with Gasteiger partial charge >= 0.3 is 5.97 Å². The van der Waals surface area contributed by atoms with Gasteiger partial charge < -0.3 is 9.26 Å². The SMILES string of the molecule is CCOC(=O)/C=C/c1ccc2noc(-c3cc(C)cc(C)c3)c2c1. The molecule has 24 heavy (non-hydrogen) atoms. The molecule has 122 valence electrons. The number of esters is 1. The van der Waals surface area contributed by atoms with Crippen LogP contribution in [0.2, 0.25) is 0 Å². The Bertz CT molecular complexity index is 902. The van der Waals surface area contributed by atoms with Gasteiger partial charge in [0.1, 0.15) is 5.52 Å². The molecule has 0 N–H and O–H groups in total. The standard InChI is InChI=1S/C20H19NO3/c1-4-23-19(22)8-6-15-5-7-18-17(12-15)20(24-21-18)16-10-13(2)9-14(3)11-16/h5-12H,4H2,1-3H3/b8-6+. The van der Waals surface area contributed by atoms with Gasteiger partial charge in [0.25, 0.3) is 0 Å². The number of carbonyl (C=O) groups is 1. The van der Waals surface area contributed by atoms with Gasteiger partial charge in [-0.05, 0) is 56.7 Å². The minimum absolute atomic E-state index is 0.350. The van der Waals surface area contributed by atoms with Crippen LogP contribution in [0.4, 0.5) is 0 Å². The van der Waals surface area contributed by atoms with Crippen molar-refractivity contribution >= 4 is 22.9 Å². The highest BCUT2D eigenvalue weighted by molar-refractivity contribution is 5.94. The molecular formula is C20H19NO3. The number of aryl methyl sites for hydroxylation is 2. The fourth-order valence-corrected chi connectivity index (χ4v) is 2.73. The highest BCUT2D eigenvalue weighted by atomic mass is 16.5. The summed E-state index contributed by atoms with van der Waals surface area (Å²) in [6, 6.07) is 12.0. The van der Waals surface area contributed by atoms with E-state index >= 15 is 0 Å². The third-order valence-electron chi connectivity index (χ3n) is 3.68. The average molecular weight is 321 g/mol. The Labute approximate surface area is 140 Å². The molecule has 0 atom stereocenters. The minimum Gasteiger partial charge on any atom is -0.463 e. The van der Waals surface area contributed by atoms with Crippen LogP contribution >= 0.6 is 0 Å². The molecule has 0 aliphatic carbocycles. The van der Waals surface area contributed by atoms with E-state index in [1.807, 2.05) is 18.2 Å². The molecule has 0 aliphatic heterocycles. The summed E-state index contributed by atoms with van der Waals surface area (Å²) >= 11 is 0. The van der Waals surface area contributed by atoms with E-state index in [0.29, 0.717) is 6.61 Å². The average Bonchev–Trinajstić information content (AvgIpc) is 2.95. The first kappa shape index (κ1) is 16.0. The van der Waals surface area contributed by atoms with Gasteiger partial charge in [-0.1, -0.05) is 28.4 Å². The quantitative estimate of drug-likeness (QED) is 0.517. The maximum Gasteiger partial charge on any atom is 0.330 e. The fraction of sp³-hybridized carbons (Fsp3) is 0.200. The van der Waals surface area contributed by atoms with Crippen LogP contribution in [0, 0.1) is 13.8 Å². The molecule has 2 aromatic carbocycles. The predicted octanol–water partition coefficient (Wildman–Crippen LogP) is 4.69. The molecule has 0 radical (unpaired) electrons. The summed E-state index contributed by atoms with van der Waals surface area (Å²) in [7, 11) is 0.